The maximum absolute atomic E-state index is 12.8. The van der Waals surface area contributed by atoms with Gasteiger partial charge in [-0.15, -0.1) is 0 Å². The summed E-state index contributed by atoms with van der Waals surface area (Å²) in [6.07, 6.45) is 0.777. The van der Waals surface area contributed by atoms with Gasteiger partial charge in [-0.05, 0) is 55.7 Å². The van der Waals surface area contributed by atoms with E-state index >= 15 is 0 Å². The van der Waals surface area contributed by atoms with Crippen molar-refractivity contribution in [2.75, 3.05) is 18.6 Å². The van der Waals surface area contributed by atoms with E-state index in [2.05, 4.69) is 4.72 Å². The van der Waals surface area contributed by atoms with Gasteiger partial charge in [0.2, 0.25) is 15.9 Å². The van der Waals surface area contributed by atoms with Crippen molar-refractivity contribution in [3.05, 3.63) is 53.6 Å². The van der Waals surface area contributed by atoms with E-state index in [0.29, 0.717) is 17.9 Å². The minimum absolute atomic E-state index is 0.139. The number of nitrogens with one attached hydrogen (secondary N) is 1. The van der Waals surface area contributed by atoms with Crippen LogP contribution in [0.3, 0.4) is 0 Å². The molecule has 3 rings (SSSR count). The minimum Gasteiger partial charge on any atom is -0.497 e. The molecule has 1 atom stereocenters. The molecule has 0 saturated carbocycles. The SMILES string of the molecule is COc1ccc(S(=O)(=O)N[C@@H](C)C(=O)N2CCc3ccccc32)c(C)c1. The van der Waals surface area contributed by atoms with Crippen molar-refractivity contribution in [2.24, 2.45) is 0 Å². The van der Waals surface area contributed by atoms with Crippen LogP contribution in [0.4, 0.5) is 5.69 Å². The van der Waals surface area contributed by atoms with Gasteiger partial charge in [0, 0.05) is 12.2 Å². The van der Waals surface area contributed by atoms with E-state index < -0.39 is 16.1 Å². The maximum atomic E-state index is 12.8. The van der Waals surface area contributed by atoms with Gasteiger partial charge in [-0.25, -0.2) is 8.42 Å². The van der Waals surface area contributed by atoms with E-state index in [1.807, 2.05) is 24.3 Å². The van der Waals surface area contributed by atoms with E-state index in [1.165, 1.54) is 13.2 Å². The van der Waals surface area contributed by atoms with Crippen LogP contribution in [0.2, 0.25) is 0 Å². The fourth-order valence-corrected chi connectivity index (χ4v) is 4.62. The van der Waals surface area contributed by atoms with Gasteiger partial charge in [0.1, 0.15) is 5.75 Å². The van der Waals surface area contributed by atoms with Crippen LogP contribution in [0.1, 0.15) is 18.1 Å². The smallest absolute Gasteiger partial charge is 0.244 e. The number of benzene rings is 2. The Morgan fingerprint density at radius 2 is 1.96 bits per heavy atom. The van der Waals surface area contributed by atoms with Crippen LogP contribution in [0.15, 0.2) is 47.4 Å². The lowest BCUT2D eigenvalue weighted by Gasteiger charge is -2.22. The second kappa shape index (κ2) is 7.09. The van der Waals surface area contributed by atoms with Crippen LogP contribution in [0.5, 0.6) is 5.75 Å². The average molecular weight is 374 g/mol. The fourth-order valence-electron chi connectivity index (χ4n) is 3.20. The van der Waals surface area contributed by atoms with Crippen LogP contribution < -0.4 is 14.4 Å². The Balaban J connectivity index is 1.79. The zero-order valence-corrected chi connectivity index (χ0v) is 15.8. The maximum Gasteiger partial charge on any atom is 0.244 e. The highest BCUT2D eigenvalue weighted by molar-refractivity contribution is 7.89. The minimum atomic E-state index is -3.82. The number of carbonyl (C=O) groups is 1. The van der Waals surface area contributed by atoms with E-state index in [0.717, 1.165) is 17.7 Å². The van der Waals surface area contributed by atoms with Gasteiger partial charge in [-0.1, -0.05) is 18.2 Å². The second-order valence-corrected chi connectivity index (χ2v) is 8.03. The number of carbonyl (C=O) groups excluding carboxylic acids is 1. The van der Waals surface area contributed by atoms with Crippen molar-refractivity contribution in [1.82, 2.24) is 4.72 Å². The number of aryl methyl sites for hydroxylation is 1. The van der Waals surface area contributed by atoms with Gasteiger partial charge in [0.05, 0.1) is 18.0 Å². The molecule has 0 bridgehead atoms. The molecule has 2 aromatic rings. The molecule has 2 aromatic carbocycles. The summed E-state index contributed by atoms with van der Waals surface area (Å²) in [5, 5.41) is 0. The second-order valence-electron chi connectivity index (χ2n) is 6.34. The predicted molar refractivity (Wildman–Crippen MR) is 100 cm³/mol. The zero-order valence-electron chi connectivity index (χ0n) is 15.0. The van der Waals surface area contributed by atoms with E-state index in [9.17, 15) is 13.2 Å². The number of methoxy groups -OCH3 is 1. The molecule has 1 heterocycles. The molecule has 1 amide bonds. The summed E-state index contributed by atoms with van der Waals surface area (Å²) in [5.74, 6) is 0.323. The number of para-hydroxylation sites is 1. The first-order chi connectivity index (χ1) is 12.3. The Morgan fingerprint density at radius 1 is 1.23 bits per heavy atom. The lowest BCUT2D eigenvalue weighted by Crippen LogP contribution is -2.46. The molecule has 0 fully saturated rings. The molecule has 0 saturated heterocycles. The molecule has 1 aliphatic rings. The number of amides is 1. The number of ether oxygens (including phenoxy) is 1. The van der Waals surface area contributed by atoms with Crippen molar-refractivity contribution >= 4 is 21.6 Å². The van der Waals surface area contributed by atoms with Crippen LogP contribution in [-0.4, -0.2) is 34.0 Å². The third-order valence-corrected chi connectivity index (χ3v) is 6.23. The lowest BCUT2D eigenvalue weighted by molar-refractivity contribution is -0.119. The molecule has 0 unspecified atom stereocenters. The van der Waals surface area contributed by atoms with Crippen LogP contribution in [-0.2, 0) is 21.2 Å². The molecule has 0 aliphatic carbocycles. The summed E-state index contributed by atoms with van der Waals surface area (Å²) >= 11 is 0. The van der Waals surface area contributed by atoms with Crippen molar-refractivity contribution in [3.8, 4) is 5.75 Å². The number of anilines is 1. The Morgan fingerprint density at radius 3 is 2.65 bits per heavy atom. The summed E-state index contributed by atoms with van der Waals surface area (Å²) in [5.41, 5.74) is 2.51. The van der Waals surface area contributed by atoms with Gasteiger partial charge < -0.3 is 9.64 Å². The number of hydrogen-bond donors (Lipinski definition) is 1. The van der Waals surface area contributed by atoms with Crippen LogP contribution in [0.25, 0.3) is 0 Å². The van der Waals surface area contributed by atoms with Crippen molar-refractivity contribution in [3.63, 3.8) is 0 Å². The van der Waals surface area contributed by atoms with E-state index in [-0.39, 0.29) is 10.8 Å². The van der Waals surface area contributed by atoms with Crippen molar-refractivity contribution < 1.29 is 17.9 Å². The molecule has 26 heavy (non-hydrogen) atoms. The largest absolute Gasteiger partial charge is 0.497 e. The molecule has 0 aromatic heterocycles. The Labute approximate surface area is 153 Å². The van der Waals surface area contributed by atoms with Gasteiger partial charge in [-0.2, -0.15) is 4.72 Å². The number of sulfonamides is 1. The average Bonchev–Trinajstić information content (AvgIpc) is 3.04. The van der Waals surface area contributed by atoms with Crippen LogP contribution in [0, 0.1) is 6.92 Å². The molecule has 1 N–H and O–H groups in total. The standard InChI is InChI=1S/C19H22N2O4S/c1-13-12-16(25-3)8-9-18(13)26(23,24)20-14(2)19(22)21-11-10-15-6-4-5-7-17(15)21/h4-9,12,14,20H,10-11H2,1-3H3/t14-/m0/s1. The normalized spacial score (nSPS) is 14.8. The highest BCUT2D eigenvalue weighted by Gasteiger charge is 2.30. The van der Waals surface area contributed by atoms with Gasteiger partial charge >= 0.3 is 0 Å². The first-order valence-electron chi connectivity index (χ1n) is 8.40. The molecule has 0 radical (unpaired) electrons. The first kappa shape index (κ1) is 18.4. The van der Waals surface area contributed by atoms with Gasteiger partial charge in [0.15, 0.2) is 0 Å². The predicted octanol–water partition coefficient (Wildman–Crippen LogP) is 2.26. The van der Waals surface area contributed by atoms with Crippen molar-refractivity contribution in [1.29, 1.82) is 0 Å². The Hall–Kier alpha value is -2.38. The molecule has 7 heteroatoms. The third-order valence-electron chi connectivity index (χ3n) is 4.53. The molecule has 0 spiro atoms. The number of nitrogens with zero attached hydrogens (tertiary/aromatic N) is 1. The summed E-state index contributed by atoms with van der Waals surface area (Å²) in [7, 11) is -2.30. The third kappa shape index (κ3) is 3.45. The summed E-state index contributed by atoms with van der Waals surface area (Å²) in [6.45, 7) is 3.83. The summed E-state index contributed by atoms with van der Waals surface area (Å²) in [4.78, 5) is 14.6. The summed E-state index contributed by atoms with van der Waals surface area (Å²) in [6, 6.07) is 11.5. The van der Waals surface area contributed by atoms with E-state index in [4.69, 9.17) is 4.74 Å². The number of rotatable bonds is 5. The molecule has 1 aliphatic heterocycles. The highest BCUT2D eigenvalue weighted by atomic mass is 32.2. The van der Waals surface area contributed by atoms with Gasteiger partial charge in [0.25, 0.3) is 0 Å². The Kier molecular flexibility index (Phi) is 5.02. The summed E-state index contributed by atoms with van der Waals surface area (Å²) < 4.78 is 33.0. The quantitative estimate of drug-likeness (QED) is 0.871. The topological polar surface area (TPSA) is 75.7 Å². The van der Waals surface area contributed by atoms with Crippen LogP contribution >= 0.6 is 0 Å². The first-order valence-corrected chi connectivity index (χ1v) is 9.88. The van der Waals surface area contributed by atoms with E-state index in [1.54, 1.807) is 30.9 Å². The lowest BCUT2D eigenvalue weighted by atomic mass is 10.2. The Bertz CT molecular complexity index is 940. The van der Waals surface area contributed by atoms with Crippen molar-refractivity contribution in [2.45, 2.75) is 31.2 Å². The number of hydrogen-bond acceptors (Lipinski definition) is 4. The zero-order chi connectivity index (χ0) is 18.9. The molecule has 6 nitrogen and oxygen atoms in total. The number of fused-ring (bicyclic) bond motifs is 1. The molecular formula is C19H22N2O4S. The molecule has 138 valence electrons. The fraction of sp³-hybridized carbons (Fsp3) is 0.316. The monoisotopic (exact) mass is 374 g/mol. The highest BCUT2D eigenvalue weighted by Crippen LogP contribution is 2.28. The molecular weight excluding hydrogens is 352 g/mol. The van der Waals surface area contributed by atoms with Gasteiger partial charge in [-0.3, -0.25) is 4.79 Å².